The van der Waals surface area contributed by atoms with Crippen LogP contribution < -0.4 is 10.6 Å². The molecule has 3 N–H and O–H groups in total. The normalized spacial score (nSPS) is 14.1. The van der Waals surface area contributed by atoms with Gasteiger partial charge in [0, 0.05) is 13.1 Å². The number of aromatic amines is 1. The van der Waals surface area contributed by atoms with Gasteiger partial charge in [-0.25, -0.2) is 9.78 Å². The third-order valence-corrected chi connectivity index (χ3v) is 2.98. The Balaban J connectivity index is 0.000000246. The van der Waals surface area contributed by atoms with E-state index in [0.717, 1.165) is 42.9 Å². The number of H-pyrrole nitrogens is 1. The lowest BCUT2D eigenvalue weighted by Gasteiger charge is -2.10. The fourth-order valence-electron chi connectivity index (χ4n) is 1.96. The van der Waals surface area contributed by atoms with Gasteiger partial charge in [-0.05, 0) is 31.5 Å². The Morgan fingerprint density at radius 3 is 2.77 bits per heavy atom. The maximum absolute atomic E-state index is 11.2. The predicted octanol–water partition coefficient (Wildman–Crippen LogP) is 2.05. The van der Waals surface area contributed by atoms with E-state index in [-0.39, 0.29) is 0 Å². The lowest BCUT2D eigenvalue weighted by molar-refractivity contribution is 0.109. The van der Waals surface area contributed by atoms with Crippen molar-refractivity contribution in [3.8, 4) is 0 Å². The molecule has 1 aromatic heterocycles. The van der Waals surface area contributed by atoms with Gasteiger partial charge in [0.25, 0.3) is 0 Å². The Kier molecular flexibility index (Phi) is 6.17. The molecular weight excluding hydrogens is 284 g/mol. The van der Waals surface area contributed by atoms with Gasteiger partial charge in [0.1, 0.15) is 0 Å². The number of amides is 1. The van der Waals surface area contributed by atoms with Crippen molar-refractivity contribution in [2.75, 3.05) is 38.2 Å². The summed E-state index contributed by atoms with van der Waals surface area (Å²) in [5, 5.41) is 5.68. The lowest BCUT2D eigenvalue weighted by atomic mass is 10.2. The molecule has 0 bridgehead atoms. The van der Waals surface area contributed by atoms with Crippen molar-refractivity contribution < 1.29 is 14.3 Å². The SMILES string of the molecule is C1COCCN1.CCOC(=O)Nc1nc2ccc(C)cc2[nH]1. The maximum atomic E-state index is 11.2. The first-order valence-corrected chi connectivity index (χ1v) is 7.37. The Labute approximate surface area is 129 Å². The largest absolute Gasteiger partial charge is 0.450 e. The number of aromatic nitrogens is 2. The zero-order chi connectivity index (χ0) is 15.8. The molecule has 120 valence electrons. The summed E-state index contributed by atoms with van der Waals surface area (Å²) in [6, 6.07) is 5.84. The highest BCUT2D eigenvalue weighted by molar-refractivity contribution is 5.86. The van der Waals surface area contributed by atoms with Crippen LogP contribution >= 0.6 is 0 Å². The van der Waals surface area contributed by atoms with Crippen molar-refractivity contribution in [2.24, 2.45) is 0 Å². The van der Waals surface area contributed by atoms with Crippen LogP contribution in [0.15, 0.2) is 18.2 Å². The van der Waals surface area contributed by atoms with E-state index >= 15 is 0 Å². The third-order valence-electron chi connectivity index (χ3n) is 2.98. The fourth-order valence-corrected chi connectivity index (χ4v) is 1.96. The second-order valence-corrected chi connectivity index (χ2v) is 4.81. The van der Waals surface area contributed by atoms with E-state index in [1.165, 1.54) is 0 Å². The molecule has 1 fully saturated rings. The Morgan fingerprint density at radius 2 is 2.18 bits per heavy atom. The van der Waals surface area contributed by atoms with Crippen molar-refractivity contribution in [3.05, 3.63) is 23.8 Å². The molecular formula is C15H22N4O3. The van der Waals surface area contributed by atoms with E-state index in [9.17, 15) is 4.79 Å². The number of hydrogen-bond acceptors (Lipinski definition) is 5. The highest BCUT2D eigenvalue weighted by Gasteiger charge is 2.06. The van der Waals surface area contributed by atoms with Gasteiger partial charge in [-0.2, -0.15) is 0 Å². The van der Waals surface area contributed by atoms with Crippen molar-refractivity contribution >= 4 is 23.1 Å². The van der Waals surface area contributed by atoms with Gasteiger partial charge >= 0.3 is 6.09 Å². The Bertz CT molecular complexity index is 596. The highest BCUT2D eigenvalue weighted by atomic mass is 16.5. The van der Waals surface area contributed by atoms with E-state index in [0.29, 0.717) is 12.6 Å². The minimum atomic E-state index is -0.502. The number of imidazole rings is 1. The molecule has 2 heterocycles. The molecule has 1 amide bonds. The number of morpholine rings is 1. The number of aryl methyl sites for hydroxylation is 1. The molecule has 2 aromatic rings. The van der Waals surface area contributed by atoms with E-state index in [1.807, 2.05) is 25.1 Å². The van der Waals surface area contributed by atoms with Crippen LogP contribution in [0.3, 0.4) is 0 Å². The highest BCUT2D eigenvalue weighted by Crippen LogP contribution is 2.15. The van der Waals surface area contributed by atoms with Gasteiger partial charge in [0.05, 0.1) is 30.9 Å². The molecule has 3 rings (SSSR count). The molecule has 7 heteroatoms. The zero-order valence-corrected chi connectivity index (χ0v) is 12.9. The summed E-state index contributed by atoms with van der Waals surface area (Å²) in [6.07, 6.45) is -0.502. The van der Waals surface area contributed by atoms with Crippen LogP contribution in [0.4, 0.5) is 10.7 Å². The quantitative estimate of drug-likeness (QED) is 0.790. The van der Waals surface area contributed by atoms with E-state index in [4.69, 9.17) is 9.47 Å². The summed E-state index contributed by atoms with van der Waals surface area (Å²) in [7, 11) is 0. The smallest absolute Gasteiger partial charge is 0.413 e. The van der Waals surface area contributed by atoms with Crippen molar-refractivity contribution in [1.29, 1.82) is 0 Å². The van der Waals surface area contributed by atoms with Crippen LogP contribution in [-0.2, 0) is 9.47 Å². The van der Waals surface area contributed by atoms with Crippen LogP contribution in [-0.4, -0.2) is 49.0 Å². The number of rotatable bonds is 2. The first-order chi connectivity index (χ1) is 10.7. The van der Waals surface area contributed by atoms with Gasteiger partial charge in [0.15, 0.2) is 0 Å². The van der Waals surface area contributed by atoms with Crippen molar-refractivity contribution in [2.45, 2.75) is 13.8 Å². The molecule has 1 saturated heterocycles. The minimum absolute atomic E-state index is 0.338. The summed E-state index contributed by atoms with van der Waals surface area (Å²) in [5.74, 6) is 0.402. The van der Waals surface area contributed by atoms with Gasteiger partial charge in [0.2, 0.25) is 5.95 Å². The molecule has 0 spiro atoms. The van der Waals surface area contributed by atoms with E-state index < -0.39 is 6.09 Å². The van der Waals surface area contributed by atoms with Gasteiger partial charge in [-0.15, -0.1) is 0 Å². The molecule has 0 atom stereocenters. The third kappa shape index (κ3) is 5.01. The lowest BCUT2D eigenvalue weighted by Crippen LogP contribution is -2.30. The number of fused-ring (bicyclic) bond motifs is 1. The van der Waals surface area contributed by atoms with Gasteiger partial charge < -0.3 is 19.8 Å². The predicted molar refractivity (Wildman–Crippen MR) is 85.2 cm³/mol. The number of nitrogens with zero attached hydrogens (tertiary/aromatic N) is 1. The molecule has 0 radical (unpaired) electrons. The Morgan fingerprint density at radius 1 is 1.41 bits per heavy atom. The summed E-state index contributed by atoms with van der Waals surface area (Å²) in [4.78, 5) is 18.4. The number of carbonyl (C=O) groups excluding carboxylic acids is 1. The fraction of sp³-hybridized carbons (Fsp3) is 0.467. The second kappa shape index (κ2) is 8.35. The van der Waals surface area contributed by atoms with Crippen LogP contribution in [0, 0.1) is 6.92 Å². The molecule has 22 heavy (non-hydrogen) atoms. The van der Waals surface area contributed by atoms with Gasteiger partial charge in [-0.1, -0.05) is 6.07 Å². The van der Waals surface area contributed by atoms with Crippen LogP contribution in [0.1, 0.15) is 12.5 Å². The van der Waals surface area contributed by atoms with E-state index in [1.54, 1.807) is 6.92 Å². The average Bonchev–Trinajstić information content (AvgIpc) is 2.91. The summed E-state index contributed by atoms with van der Waals surface area (Å²) in [6.45, 7) is 7.92. The molecule has 0 unspecified atom stereocenters. The standard InChI is InChI=1S/C11H13N3O2.C4H9NO/c1-3-16-11(15)14-10-12-8-5-4-7(2)6-9(8)13-10;1-3-6-4-2-5-1/h4-6H,3H2,1-2H3,(H2,12,13,14,15);5H,1-4H2. The molecule has 1 aliphatic rings. The molecule has 0 saturated carbocycles. The number of benzene rings is 1. The first kappa shape index (κ1) is 16.3. The van der Waals surface area contributed by atoms with E-state index in [2.05, 4.69) is 20.6 Å². The van der Waals surface area contributed by atoms with Gasteiger partial charge in [-0.3, -0.25) is 5.32 Å². The average molecular weight is 306 g/mol. The maximum Gasteiger partial charge on any atom is 0.413 e. The van der Waals surface area contributed by atoms with Crippen LogP contribution in [0.2, 0.25) is 0 Å². The topological polar surface area (TPSA) is 88.3 Å². The second-order valence-electron chi connectivity index (χ2n) is 4.81. The summed E-state index contributed by atoms with van der Waals surface area (Å²) in [5.41, 5.74) is 2.85. The summed E-state index contributed by atoms with van der Waals surface area (Å²) >= 11 is 0. The number of ether oxygens (including phenoxy) is 2. The number of anilines is 1. The number of carbonyl (C=O) groups is 1. The molecule has 1 aliphatic heterocycles. The molecule has 7 nitrogen and oxygen atoms in total. The van der Waals surface area contributed by atoms with Crippen molar-refractivity contribution in [3.63, 3.8) is 0 Å². The van der Waals surface area contributed by atoms with Crippen molar-refractivity contribution in [1.82, 2.24) is 15.3 Å². The first-order valence-electron chi connectivity index (χ1n) is 7.37. The molecule has 0 aliphatic carbocycles. The zero-order valence-electron chi connectivity index (χ0n) is 12.9. The monoisotopic (exact) mass is 306 g/mol. The number of hydrogen-bond donors (Lipinski definition) is 3. The molecule has 1 aromatic carbocycles. The summed E-state index contributed by atoms with van der Waals surface area (Å²) < 4.78 is 9.76. The Hall–Kier alpha value is -2.12. The van der Waals surface area contributed by atoms with Crippen LogP contribution in [0.25, 0.3) is 11.0 Å². The van der Waals surface area contributed by atoms with Crippen LogP contribution in [0.5, 0.6) is 0 Å². The number of nitrogens with one attached hydrogen (secondary N) is 3. The minimum Gasteiger partial charge on any atom is -0.450 e.